The highest BCUT2D eigenvalue weighted by atomic mass is 79.9. The molecule has 1 aromatic heterocycles. The Morgan fingerprint density at radius 2 is 2.29 bits per heavy atom. The molecule has 0 amide bonds. The van der Waals surface area contributed by atoms with Crippen molar-refractivity contribution in [1.82, 2.24) is 4.98 Å². The monoisotopic (exact) mass is 253 g/mol. The van der Waals surface area contributed by atoms with Crippen LogP contribution in [0.4, 0.5) is 4.39 Å². The second-order valence-electron chi connectivity index (χ2n) is 2.99. The third-order valence-electron chi connectivity index (χ3n) is 2.06. The minimum absolute atomic E-state index is 0.203. The van der Waals surface area contributed by atoms with Crippen molar-refractivity contribution < 1.29 is 4.39 Å². The van der Waals surface area contributed by atoms with Crippen LogP contribution in [-0.2, 0) is 0 Å². The summed E-state index contributed by atoms with van der Waals surface area (Å²) >= 11 is 3.30. The van der Waals surface area contributed by atoms with Gasteiger partial charge in [0.25, 0.3) is 0 Å². The van der Waals surface area contributed by atoms with Crippen LogP contribution >= 0.6 is 15.9 Å². The Morgan fingerprint density at radius 3 is 3.07 bits per heavy atom. The van der Waals surface area contributed by atoms with E-state index in [-0.39, 0.29) is 5.82 Å². The van der Waals surface area contributed by atoms with E-state index in [1.165, 1.54) is 6.07 Å². The van der Waals surface area contributed by atoms with E-state index >= 15 is 0 Å². The summed E-state index contributed by atoms with van der Waals surface area (Å²) in [7, 11) is 0. The number of fused-ring (bicyclic) bond motifs is 1. The van der Waals surface area contributed by atoms with E-state index in [2.05, 4.69) is 20.9 Å². The molecule has 0 saturated heterocycles. The molecular weight excluding hydrogens is 245 g/mol. The van der Waals surface area contributed by atoms with Gasteiger partial charge in [-0.15, -0.1) is 0 Å². The second-order valence-corrected chi connectivity index (χ2v) is 3.64. The van der Waals surface area contributed by atoms with Gasteiger partial charge >= 0.3 is 0 Å². The van der Waals surface area contributed by atoms with E-state index < -0.39 is 0 Å². The molecule has 0 bridgehead atoms. The molecule has 0 saturated carbocycles. The van der Waals surface area contributed by atoms with Crippen LogP contribution in [0.3, 0.4) is 0 Å². The zero-order valence-electron chi connectivity index (χ0n) is 7.43. The smallest absolute Gasteiger partial charge is 0.123 e. The Hall–Kier alpha value is -1.09. The summed E-state index contributed by atoms with van der Waals surface area (Å²) < 4.78 is 13.0. The molecule has 14 heavy (non-hydrogen) atoms. The van der Waals surface area contributed by atoms with Crippen LogP contribution in [0.15, 0.2) is 30.5 Å². The van der Waals surface area contributed by atoms with Crippen LogP contribution in [0, 0.1) is 5.82 Å². The molecule has 2 aromatic rings. The molecule has 0 atom stereocenters. The molecule has 0 aliphatic carbocycles. The van der Waals surface area contributed by atoms with Crippen molar-refractivity contribution >= 4 is 32.9 Å². The molecule has 3 heteroatoms. The number of allylic oxidation sites excluding steroid dienone is 1. The van der Waals surface area contributed by atoms with Gasteiger partial charge in [-0.2, -0.15) is 0 Å². The summed E-state index contributed by atoms with van der Waals surface area (Å²) in [6.07, 6.45) is 5.82. The van der Waals surface area contributed by atoms with Crippen molar-refractivity contribution in [1.29, 1.82) is 0 Å². The maximum absolute atomic E-state index is 13.0. The van der Waals surface area contributed by atoms with Gasteiger partial charge < -0.3 is 4.98 Å². The predicted molar refractivity (Wildman–Crippen MR) is 61.1 cm³/mol. The number of halogens is 2. The van der Waals surface area contributed by atoms with Gasteiger partial charge in [0, 0.05) is 22.4 Å². The summed E-state index contributed by atoms with van der Waals surface area (Å²) in [6.45, 7) is 0. The first-order chi connectivity index (χ1) is 6.81. The second kappa shape index (κ2) is 3.96. The van der Waals surface area contributed by atoms with Crippen molar-refractivity contribution in [2.75, 3.05) is 5.33 Å². The Labute approximate surface area is 89.8 Å². The largest absolute Gasteiger partial charge is 0.361 e. The molecule has 1 aromatic carbocycles. The summed E-state index contributed by atoms with van der Waals surface area (Å²) in [5, 5.41) is 1.72. The summed E-state index contributed by atoms with van der Waals surface area (Å²) in [4.78, 5) is 3.09. The molecule has 0 spiro atoms. The summed E-state index contributed by atoms with van der Waals surface area (Å²) in [6, 6.07) is 4.74. The first kappa shape index (κ1) is 9.46. The standard InChI is InChI=1S/C11H9BrFN/c12-5-1-2-8-7-14-11-4-3-9(13)6-10(8)11/h1-4,6-7,14H,5H2. The number of aromatic amines is 1. The first-order valence-electron chi connectivity index (χ1n) is 4.30. The Bertz CT molecular complexity index is 473. The fourth-order valence-corrected chi connectivity index (χ4v) is 1.61. The van der Waals surface area contributed by atoms with Gasteiger partial charge in [0.15, 0.2) is 0 Å². The maximum atomic E-state index is 13.0. The van der Waals surface area contributed by atoms with Crippen LogP contribution < -0.4 is 0 Å². The minimum Gasteiger partial charge on any atom is -0.361 e. The molecule has 1 heterocycles. The Kier molecular flexibility index (Phi) is 2.68. The molecule has 0 aliphatic heterocycles. The van der Waals surface area contributed by atoms with Crippen LogP contribution in [-0.4, -0.2) is 10.3 Å². The zero-order valence-corrected chi connectivity index (χ0v) is 9.01. The lowest BCUT2D eigenvalue weighted by molar-refractivity contribution is 0.629. The number of H-pyrrole nitrogens is 1. The summed E-state index contributed by atoms with van der Waals surface area (Å²) in [5.41, 5.74) is 1.97. The summed E-state index contributed by atoms with van der Waals surface area (Å²) in [5.74, 6) is -0.203. The number of benzene rings is 1. The fourth-order valence-electron chi connectivity index (χ4n) is 1.42. The van der Waals surface area contributed by atoms with E-state index in [0.29, 0.717) is 0 Å². The molecule has 0 aliphatic rings. The average molecular weight is 254 g/mol. The van der Waals surface area contributed by atoms with Crippen LogP contribution in [0.2, 0.25) is 0 Å². The van der Waals surface area contributed by atoms with Gasteiger partial charge in [0.1, 0.15) is 5.82 Å². The van der Waals surface area contributed by atoms with Crippen molar-refractivity contribution in [3.63, 3.8) is 0 Å². The highest BCUT2D eigenvalue weighted by Gasteiger charge is 2.01. The lowest BCUT2D eigenvalue weighted by Crippen LogP contribution is -1.74. The molecular formula is C11H9BrFN. The zero-order chi connectivity index (χ0) is 9.97. The topological polar surface area (TPSA) is 15.8 Å². The van der Waals surface area contributed by atoms with Gasteiger partial charge in [0.05, 0.1) is 0 Å². The third-order valence-corrected chi connectivity index (χ3v) is 2.44. The molecule has 1 N–H and O–H groups in total. The van der Waals surface area contributed by atoms with Gasteiger partial charge in [-0.1, -0.05) is 28.1 Å². The van der Waals surface area contributed by atoms with Crippen molar-refractivity contribution in [3.8, 4) is 0 Å². The first-order valence-corrected chi connectivity index (χ1v) is 5.42. The van der Waals surface area contributed by atoms with E-state index in [1.807, 2.05) is 18.3 Å². The normalized spacial score (nSPS) is 11.6. The minimum atomic E-state index is -0.203. The van der Waals surface area contributed by atoms with Crippen LogP contribution in [0.1, 0.15) is 5.56 Å². The number of hydrogen-bond donors (Lipinski definition) is 1. The highest BCUT2D eigenvalue weighted by Crippen LogP contribution is 2.20. The van der Waals surface area contributed by atoms with E-state index in [4.69, 9.17) is 0 Å². The highest BCUT2D eigenvalue weighted by molar-refractivity contribution is 9.09. The molecule has 0 unspecified atom stereocenters. The molecule has 0 fully saturated rings. The molecule has 2 rings (SSSR count). The van der Waals surface area contributed by atoms with Gasteiger partial charge in [-0.3, -0.25) is 0 Å². The third kappa shape index (κ3) is 1.73. The van der Waals surface area contributed by atoms with Crippen LogP contribution in [0.5, 0.6) is 0 Å². The predicted octanol–water partition coefficient (Wildman–Crippen LogP) is 3.72. The van der Waals surface area contributed by atoms with Gasteiger partial charge in [0.2, 0.25) is 0 Å². The fraction of sp³-hybridized carbons (Fsp3) is 0.0909. The molecule has 0 radical (unpaired) electrons. The number of aromatic nitrogens is 1. The number of hydrogen-bond acceptors (Lipinski definition) is 0. The number of rotatable bonds is 2. The van der Waals surface area contributed by atoms with Crippen molar-refractivity contribution in [2.24, 2.45) is 0 Å². The number of alkyl halides is 1. The van der Waals surface area contributed by atoms with Gasteiger partial charge in [-0.05, 0) is 23.8 Å². The van der Waals surface area contributed by atoms with Crippen molar-refractivity contribution in [2.45, 2.75) is 0 Å². The van der Waals surface area contributed by atoms with E-state index in [0.717, 1.165) is 21.8 Å². The van der Waals surface area contributed by atoms with Gasteiger partial charge in [-0.25, -0.2) is 4.39 Å². The van der Waals surface area contributed by atoms with E-state index in [1.54, 1.807) is 12.1 Å². The maximum Gasteiger partial charge on any atom is 0.123 e. The lowest BCUT2D eigenvalue weighted by Gasteiger charge is -1.92. The Balaban J connectivity index is 2.55. The molecule has 72 valence electrons. The van der Waals surface area contributed by atoms with Crippen LogP contribution in [0.25, 0.3) is 17.0 Å². The quantitative estimate of drug-likeness (QED) is 0.786. The van der Waals surface area contributed by atoms with E-state index in [9.17, 15) is 4.39 Å². The lowest BCUT2D eigenvalue weighted by atomic mass is 10.1. The average Bonchev–Trinajstić information content (AvgIpc) is 2.57. The number of nitrogens with one attached hydrogen (secondary N) is 1. The molecule has 1 nitrogen and oxygen atoms in total. The SMILES string of the molecule is Fc1ccc2[nH]cc(C=CCBr)c2c1. The van der Waals surface area contributed by atoms with Crippen molar-refractivity contribution in [3.05, 3.63) is 41.9 Å². The Morgan fingerprint density at radius 1 is 1.43 bits per heavy atom.